The third-order valence-electron chi connectivity index (χ3n) is 1.48. The number of terminal acetylenes is 1. The van der Waals surface area contributed by atoms with E-state index in [1.54, 1.807) is 6.08 Å². The van der Waals surface area contributed by atoms with Gasteiger partial charge in [0.15, 0.2) is 5.54 Å². The summed E-state index contributed by atoms with van der Waals surface area (Å²) in [6.45, 7) is 0.484. The Kier molecular flexibility index (Phi) is 4.82. The molecule has 0 saturated heterocycles. The molecular weight excluding hydrogens is 168 g/mol. The molecule has 0 rings (SSSR count). The number of nitrogens with two attached hydrogens (primary N) is 2. The van der Waals surface area contributed by atoms with E-state index in [4.69, 9.17) is 17.9 Å². The van der Waals surface area contributed by atoms with Gasteiger partial charge in [-0.15, -0.1) is 6.42 Å². The van der Waals surface area contributed by atoms with Crippen molar-refractivity contribution >= 4 is 5.97 Å². The minimum Gasteiger partial charge on any atom is -0.467 e. The van der Waals surface area contributed by atoms with Crippen LogP contribution in [0, 0.1) is 12.3 Å². The van der Waals surface area contributed by atoms with Crippen LogP contribution in [0.15, 0.2) is 12.2 Å². The van der Waals surface area contributed by atoms with Crippen molar-refractivity contribution in [3.05, 3.63) is 12.2 Å². The molecule has 72 valence electrons. The molecule has 0 aromatic carbocycles. The molecular formula is C9H14N2O2. The van der Waals surface area contributed by atoms with Crippen molar-refractivity contribution in [3.8, 4) is 12.3 Å². The largest absolute Gasteiger partial charge is 0.467 e. The summed E-state index contributed by atoms with van der Waals surface area (Å²) in [4.78, 5) is 11.1. The highest BCUT2D eigenvalue weighted by molar-refractivity contribution is 5.87. The molecule has 1 atom stereocenters. The van der Waals surface area contributed by atoms with Crippen LogP contribution < -0.4 is 11.5 Å². The van der Waals surface area contributed by atoms with Crippen LogP contribution in [-0.4, -0.2) is 25.2 Å². The summed E-state index contributed by atoms with van der Waals surface area (Å²) in [6, 6.07) is 0. The van der Waals surface area contributed by atoms with Crippen LogP contribution in [0.2, 0.25) is 0 Å². The van der Waals surface area contributed by atoms with E-state index < -0.39 is 11.5 Å². The van der Waals surface area contributed by atoms with E-state index in [0.29, 0.717) is 13.0 Å². The molecule has 0 bridgehead atoms. The number of methoxy groups -OCH3 is 1. The van der Waals surface area contributed by atoms with Gasteiger partial charge in [0.2, 0.25) is 0 Å². The second-order valence-electron chi connectivity index (χ2n) is 2.48. The third kappa shape index (κ3) is 3.28. The van der Waals surface area contributed by atoms with E-state index in [-0.39, 0.29) is 0 Å². The fourth-order valence-electron chi connectivity index (χ4n) is 0.709. The zero-order valence-electron chi connectivity index (χ0n) is 7.62. The second-order valence-corrected chi connectivity index (χ2v) is 2.48. The highest BCUT2D eigenvalue weighted by Gasteiger charge is 2.29. The van der Waals surface area contributed by atoms with Gasteiger partial charge < -0.3 is 16.2 Å². The Bertz CT molecular complexity index is 242. The first-order valence-corrected chi connectivity index (χ1v) is 3.83. The lowest BCUT2D eigenvalue weighted by Gasteiger charge is -2.15. The van der Waals surface area contributed by atoms with Gasteiger partial charge in [0, 0.05) is 0 Å². The molecule has 13 heavy (non-hydrogen) atoms. The first-order chi connectivity index (χ1) is 6.10. The minimum atomic E-state index is -1.47. The third-order valence-corrected chi connectivity index (χ3v) is 1.48. The van der Waals surface area contributed by atoms with Crippen molar-refractivity contribution < 1.29 is 9.53 Å². The van der Waals surface area contributed by atoms with Crippen LogP contribution in [-0.2, 0) is 9.53 Å². The van der Waals surface area contributed by atoms with E-state index in [1.807, 2.05) is 0 Å². The van der Waals surface area contributed by atoms with E-state index in [0.717, 1.165) is 0 Å². The Morgan fingerprint density at radius 2 is 2.38 bits per heavy atom. The second kappa shape index (κ2) is 5.36. The van der Waals surface area contributed by atoms with Gasteiger partial charge in [0.05, 0.1) is 7.11 Å². The Hall–Kier alpha value is -1.31. The van der Waals surface area contributed by atoms with Gasteiger partial charge in [-0.05, 0) is 19.0 Å². The van der Waals surface area contributed by atoms with Crippen molar-refractivity contribution in [2.75, 3.05) is 13.7 Å². The highest BCUT2D eigenvalue weighted by Crippen LogP contribution is 2.04. The standard InChI is InChI=1S/C9H14N2O2/c1-3-9(11,8(12)13-2)6-4-5-7-10/h1,4,6H,5,7,10-11H2,2H3/b6-4+. The molecule has 4 N–H and O–H groups in total. The normalized spacial score (nSPS) is 14.9. The van der Waals surface area contributed by atoms with Crippen molar-refractivity contribution in [1.29, 1.82) is 0 Å². The number of carbonyl (C=O) groups excluding carboxylic acids is 1. The van der Waals surface area contributed by atoms with Gasteiger partial charge in [-0.1, -0.05) is 12.0 Å². The van der Waals surface area contributed by atoms with E-state index in [1.165, 1.54) is 13.2 Å². The number of carbonyl (C=O) groups is 1. The van der Waals surface area contributed by atoms with Gasteiger partial charge >= 0.3 is 5.97 Å². The number of hydrogen-bond acceptors (Lipinski definition) is 4. The maximum Gasteiger partial charge on any atom is 0.342 e. The maximum absolute atomic E-state index is 11.1. The lowest BCUT2D eigenvalue weighted by Crippen LogP contribution is -2.45. The van der Waals surface area contributed by atoms with Crippen LogP contribution in [0.4, 0.5) is 0 Å². The van der Waals surface area contributed by atoms with E-state index >= 15 is 0 Å². The average molecular weight is 182 g/mol. The number of ether oxygens (including phenoxy) is 1. The number of rotatable bonds is 4. The van der Waals surface area contributed by atoms with Crippen LogP contribution in [0.25, 0.3) is 0 Å². The zero-order valence-corrected chi connectivity index (χ0v) is 7.62. The first kappa shape index (κ1) is 11.7. The van der Waals surface area contributed by atoms with Gasteiger partial charge in [0.25, 0.3) is 0 Å². The smallest absolute Gasteiger partial charge is 0.342 e. The number of esters is 1. The highest BCUT2D eigenvalue weighted by atomic mass is 16.5. The van der Waals surface area contributed by atoms with Crippen LogP contribution in [0.5, 0.6) is 0 Å². The summed E-state index contributed by atoms with van der Waals surface area (Å²) < 4.78 is 4.45. The van der Waals surface area contributed by atoms with Gasteiger partial charge in [-0.25, -0.2) is 4.79 Å². The van der Waals surface area contributed by atoms with Crippen molar-refractivity contribution in [2.45, 2.75) is 12.0 Å². The Labute approximate surface area is 77.9 Å². The van der Waals surface area contributed by atoms with Gasteiger partial charge in [-0.3, -0.25) is 0 Å². The summed E-state index contributed by atoms with van der Waals surface area (Å²) >= 11 is 0. The lowest BCUT2D eigenvalue weighted by atomic mass is 10.0. The van der Waals surface area contributed by atoms with E-state index in [9.17, 15) is 4.79 Å². The first-order valence-electron chi connectivity index (χ1n) is 3.83. The summed E-state index contributed by atoms with van der Waals surface area (Å²) in [7, 11) is 1.23. The molecule has 4 nitrogen and oxygen atoms in total. The average Bonchev–Trinajstić information content (AvgIpc) is 2.16. The molecule has 0 amide bonds. The SMILES string of the molecule is C#CC(N)(/C=C/CCN)C(=O)OC. The van der Waals surface area contributed by atoms with E-state index in [2.05, 4.69) is 10.7 Å². The molecule has 0 aliphatic rings. The van der Waals surface area contributed by atoms with Crippen LogP contribution in [0.3, 0.4) is 0 Å². The molecule has 0 radical (unpaired) electrons. The summed E-state index contributed by atoms with van der Waals surface area (Å²) in [5.74, 6) is 1.51. The van der Waals surface area contributed by atoms with Crippen LogP contribution >= 0.6 is 0 Å². The molecule has 0 aromatic rings. The molecule has 0 aliphatic carbocycles. The number of hydrogen-bond donors (Lipinski definition) is 2. The fraction of sp³-hybridized carbons (Fsp3) is 0.444. The summed E-state index contributed by atoms with van der Waals surface area (Å²) in [5, 5.41) is 0. The predicted octanol–water partition coefficient (Wildman–Crippen LogP) is -0.605. The maximum atomic E-state index is 11.1. The van der Waals surface area contributed by atoms with Gasteiger partial charge in [-0.2, -0.15) is 0 Å². The van der Waals surface area contributed by atoms with Gasteiger partial charge in [0.1, 0.15) is 0 Å². The molecule has 0 fully saturated rings. The Morgan fingerprint density at radius 1 is 1.77 bits per heavy atom. The predicted molar refractivity (Wildman–Crippen MR) is 50.6 cm³/mol. The topological polar surface area (TPSA) is 78.3 Å². The Morgan fingerprint density at radius 3 is 2.77 bits per heavy atom. The quantitative estimate of drug-likeness (QED) is 0.345. The van der Waals surface area contributed by atoms with Crippen LogP contribution in [0.1, 0.15) is 6.42 Å². The van der Waals surface area contributed by atoms with Crippen molar-refractivity contribution in [1.82, 2.24) is 0 Å². The molecule has 0 saturated carbocycles. The lowest BCUT2D eigenvalue weighted by molar-refractivity contribution is -0.143. The minimum absolute atomic E-state index is 0.484. The molecule has 0 aliphatic heterocycles. The Balaban J connectivity index is 4.48. The monoisotopic (exact) mass is 182 g/mol. The molecule has 0 heterocycles. The van der Waals surface area contributed by atoms with Crippen molar-refractivity contribution in [3.63, 3.8) is 0 Å². The van der Waals surface area contributed by atoms with Crippen molar-refractivity contribution in [2.24, 2.45) is 11.5 Å². The fourth-order valence-corrected chi connectivity index (χ4v) is 0.709. The molecule has 0 aromatic heterocycles. The molecule has 0 spiro atoms. The molecule has 1 unspecified atom stereocenters. The molecule has 4 heteroatoms. The summed E-state index contributed by atoms with van der Waals surface area (Å²) in [5.41, 5.74) is 9.33. The summed E-state index contributed by atoms with van der Waals surface area (Å²) in [6.07, 6.45) is 8.82. The zero-order chi connectivity index (χ0) is 10.3.